The Morgan fingerprint density at radius 1 is 1.29 bits per heavy atom. The van der Waals surface area contributed by atoms with Gasteiger partial charge in [0.2, 0.25) is 0 Å². The number of ether oxygens (including phenoxy) is 1. The van der Waals surface area contributed by atoms with Crippen molar-refractivity contribution in [2.24, 2.45) is 0 Å². The Morgan fingerprint density at radius 2 is 2.00 bits per heavy atom. The molecule has 21 heavy (non-hydrogen) atoms. The van der Waals surface area contributed by atoms with Crippen molar-refractivity contribution in [2.45, 2.75) is 13.0 Å². The second-order valence-electron chi connectivity index (χ2n) is 4.43. The summed E-state index contributed by atoms with van der Waals surface area (Å²) in [6.45, 7) is 1.97. The zero-order valence-corrected chi connectivity index (χ0v) is 11.5. The summed E-state index contributed by atoms with van der Waals surface area (Å²) in [5.74, 6) is -0.763. The number of hydrogen-bond donors (Lipinski definition) is 2. The predicted molar refractivity (Wildman–Crippen MR) is 77.5 cm³/mol. The number of rotatable bonds is 5. The van der Waals surface area contributed by atoms with E-state index in [9.17, 15) is 14.3 Å². The topological polar surface area (TPSA) is 58.6 Å². The lowest BCUT2D eigenvalue weighted by molar-refractivity contribution is -0.144. The highest BCUT2D eigenvalue weighted by Gasteiger charge is 2.22. The molecule has 0 aliphatic rings. The molecule has 2 N–H and O–H groups in total. The number of halogens is 1. The molecule has 4 nitrogen and oxygen atoms in total. The van der Waals surface area contributed by atoms with Gasteiger partial charge >= 0.3 is 5.97 Å². The summed E-state index contributed by atoms with van der Waals surface area (Å²) in [4.78, 5) is 12.1. The molecule has 0 saturated carbocycles. The molecule has 0 saturated heterocycles. The van der Waals surface area contributed by atoms with Crippen molar-refractivity contribution in [2.75, 3.05) is 11.9 Å². The second kappa shape index (κ2) is 6.74. The maximum absolute atomic E-state index is 12.9. The first-order valence-corrected chi connectivity index (χ1v) is 6.58. The van der Waals surface area contributed by atoms with Crippen LogP contribution in [0.3, 0.4) is 0 Å². The fourth-order valence-electron chi connectivity index (χ4n) is 1.92. The number of phenols is 1. The van der Waals surface area contributed by atoms with Crippen molar-refractivity contribution in [3.8, 4) is 5.75 Å². The number of aromatic hydroxyl groups is 1. The van der Waals surface area contributed by atoms with Gasteiger partial charge in [0.1, 0.15) is 11.6 Å². The quantitative estimate of drug-likeness (QED) is 0.830. The van der Waals surface area contributed by atoms with Gasteiger partial charge in [0.05, 0.1) is 6.61 Å². The molecule has 0 aliphatic carbocycles. The van der Waals surface area contributed by atoms with Gasteiger partial charge in [-0.1, -0.05) is 12.1 Å². The van der Waals surface area contributed by atoms with Crippen molar-refractivity contribution in [1.29, 1.82) is 0 Å². The van der Waals surface area contributed by atoms with E-state index in [4.69, 9.17) is 4.74 Å². The minimum absolute atomic E-state index is 0.0581. The second-order valence-corrected chi connectivity index (χ2v) is 4.43. The van der Waals surface area contributed by atoms with E-state index in [2.05, 4.69) is 5.32 Å². The summed E-state index contributed by atoms with van der Waals surface area (Å²) in [5, 5.41) is 12.5. The van der Waals surface area contributed by atoms with Crippen LogP contribution < -0.4 is 5.32 Å². The van der Waals surface area contributed by atoms with Crippen molar-refractivity contribution >= 4 is 11.7 Å². The van der Waals surface area contributed by atoms with Gasteiger partial charge in [0.25, 0.3) is 0 Å². The first-order chi connectivity index (χ1) is 10.1. The van der Waals surface area contributed by atoms with Gasteiger partial charge in [-0.15, -0.1) is 0 Å². The molecule has 5 heteroatoms. The predicted octanol–water partition coefficient (Wildman–Crippen LogP) is 3.25. The van der Waals surface area contributed by atoms with Gasteiger partial charge in [0, 0.05) is 5.69 Å². The summed E-state index contributed by atoms with van der Waals surface area (Å²) in [5.41, 5.74) is 1.15. The zero-order chi connectivity index (χ0) is 15.2. The van der Waals surface area contributed by atoms with E-state index in [1.807, 2.05) is 0 Å². The largest absolute Gasteiger partial charge is 0.508 e. The van der Waals surface area contributed by atoms with Crippen LogP contribution in [0.25, 0.3) is 0 Å². The average molecular weight is 289 g/mol. The number of nitrogens with one attached hydrogen (secondary N) is 1. The summed E-state index contributed by atoms with van der Waals surface area (Å²) < 4.78 is 18.0. The molecule has 0 radical (unpaired) electrons. The van der Waals surface area contributed by atoms with Crippen LogP contribution in [0.4, 0.5) is 10.1 Å². The smallest absolute Gasteiger partial charge is 0.333 e. The van der Waals surface area contributed by atoms with Gasteiger partial charge < -0.3 is 15.2 Å². The fourth-order valence-corrected chi connectivity index (χ4v) is 1.92. The fraction of sp³-hybridized carbons (Fsp3) is 0.188. The molecule has 0 amide bonds. The van der Waals surface area contributed by atoms with Crippen LogP contribution in [-0.2, 0) is 9.53 Å². The highest BCUT2D eigenvalue weighted by molar-refractivity contribution is 5.81. The monoisotopic (exact) mass is 289 g/mol. The molecule has 2 aromatic rings. The Labute approximate surface area is 122 Å². The molecule has 1 atom stereocenters. The third-order valence-electron chi connectivity index (χ3n) is 2.88. The lowest BCUT2D eigenvalue weighted by Gasteiger charge is -2.19. The van der Waals surface area contributed by atoms with E-state index in [1.165, 1.54) is 36.4 Å². The van der Waals surface area contributed by atoms with E-state index in [0.29, 0.717) is 11.3 Å². The van der Waals surface area contributed by atoms with E-state index in [1.54, 1.807) is 19.1 Å². The Morgan fingerprint density at radius 3 is 2.62 bits per heavy atom. The summed E-state index contributed by atoms with van der Waals surface area (Å²) in [7, 11) is 0. The molecule has 0 bridgehead atoms. The lowest BCUT2D eigenvalue weighted by atomic mass is 10.1. The van der Waals surface area contributed by atoms with Gasteiger partial charge in [-0.2, -0.15) is 0 Å². The number of esters is 1. The molecule has 0 aliphatic heterocycles. The molecule has 0 heterocycles. The maximum atomic E-state index is 12.9. The van der Waals surface area contributed by atoms with Crippen molar-refractivity contribution < 1.29 is 19.0 Å². The molecular weight excluding hydrogens is 273 g/mol. The number of phenolic OH excluding ortho intramolecular Hbond substituents is 1. The zero-order valence-electron chi connectivity index (χ0n) is 11.5. The Balaban J connectivity index is 2.27. The average Bonchev–Trinajstić information content (AvgIpc) is 2.47. The van der Waals surface area contributed by atoms with Crippen LogP contribution in [0.2, 0.25) is 0 Å². The van der Waals surface area contributed by atoms with Crippen LogP contribution in [0.5, 0.6) is 5.75 Å². The van der Waals surface area contributed by atoms with Crippen LogP contribution in [0.15, 0.2) is 48.5 Å². The molecule has 0 spiro atoms. The number of carbonyl (C=O) groups excluding carboxylic acids is 1. The summed E-state index contributed by atoms with van der Waals surface area (Å²) >= 11 is 0. The Hall–Kier alpha value is -2.56. The maximum Gasteiger partial charge on any atom is 0.333 e. The Bertz CT molecular complexity index is 613. The summed E-state index contributed by atoms with van der Waals surface area (Å²) in [6.07, 6.45) is 0. The van der Waals surface area contributed by atoms with Gasteiger partial charge in [-0.25, -0.2) is 9.18 Å². The van der Waals surface area contributed by atoms with Crippen molar-refractivity contribution in [1.82, 2.24) is 0 Å². The minimum atomic E-state index is -0.775. The Kier molecular flexibility index (Phi) is 4.77. The number of benzene rings is 2. The van der Waals surface area contributed by atoms with Gasteiger partial charge in [-0.3, -0.25) is 0 Å². The minimum Gasteiger partial charge on any atom is -0.508 e. The SMILES string of the molecule is CCOC(=O)C(Nc1ccc(F)cc1)c1cccc(O)c1. The normalized spacial score (nSPS) is 11.7. The number of hydrogen-bond acceptors (Lipinski definition) is 4. The first kappa shape index (κ1) is 14.8. The van der Waals surface area contributed by atoms with E-state index in [-0.39, 0.29) is 18.2 Å². The van der Waals surface area contributed by atoms with Gasteiger partial charge in [-0.05, 0) is 48.9 Å². The van der Waals surface area contributed by atoms with Crippen LogP contribution in [0.1, 0.15) is 18.5 Å². The lowest BCUT2D eigenvalue weighted by Crippen LogP contribution is -2.23. The van der Waals surface area contributed by atoms with Crippen LogP contribution in [0, 0.1) is 5.82 Å². The molecule has 1 unspecified atom stereocenters. The van der Waals surface area contributed by atoms with Crippen LogP contribution >= 0.6 is 0 Å². The molecular formula is C16H16FNO3. The summed E-state index contributed by atoms with van der Waals surface area (Å²) in [6, 6.07) is 11.2. The van der Waals surface area contributed by atoms with Crippen molar-refractivity contribution in [3.63, 3.8) is 0 Å². The van der Waals surface area contributed by atoms with E-state index >= 15 is 0 Å². The number of anilines is 1. The van der Waals surface area contributed by atoms with E-state index < -0.39 is 12.0 Å². The van der Waals surface area contributed by atoms with Crippen LogP contribution in [-0.4, -0.2) is 17.7 Å². The molecule has 2 aromatic carbocycles. The van der Waals surface area contributed by atoms with Crippen molar-refractivity contribution in [3.05, 3.63) is 59.9 Å². The molecule has 0 aromatic heterocycles. The molecule has 110 valence electrons. The standard InChI is InChI=1S/C16H16FNO3/c1-2-21-16(20)15(11-4-3-5-14(19)10-11)18-13-8-6-12(17)7-9-13/h3-10,15,18-19H,2H2,1H3. The molecule has 2 rings (SSSR count). The third-order valence-corrected chi connectivity index (χ3v) is 2.88. The first-order valence-electron chi connectivity index (χ1n) is 6.58. The molecule has 0 fully saturated rings. The van der Waals surface area contributed by atoms with Gasteiger partial charge in [0.15, 0.2) is 6.04 Å². The highest BCUT2D eigenvalue weighted by Crippen LogP contribution is 2.24. The number of carbonyl (C=O) groups is 1. The highest BCUT2D eigenvalue weighted by atomic mass is 19.1. The third kappa shape index (κ3) is 3.95. The van der Waals surface area contributed by atoms with E-state index in [0.717, 1.165) is 0 Å².